The van der Waals surface area contributed by atoms with Crippen LogP contribution in [0.4, 0.5) is 17.3 Å². The molecule has 2 fully saturated rings. The number of fused-ring (bicyclic) bond motifs is 1. The fraction of sp³-hybridized carbons (Fsp3) is 0.500. The quantitative estimate of drug-likeness (QED) is 0.738. The number of rotatable bonds is 5. The lowest BCUT2D eigenvalue weighted by atomic mass is 10.0. The molecule has 5 rings (SSSR count). The Kier molecular flexibility index (Phi) is 5.93. The van der Waals surface area contributed by atoms with E-state index < -0.39 is 0 Å². The summed E-state index contributed by atoms with van der Waals surface area (Å²) in [4.78, 5) is 28.0. The molecule has 4 heterocycles. The first kappa shape index (κ1) is 20.5. The van der Waals surface area contributed by atoms with Gasteiger partial charge in [0, 0.05) is 43.8 Å². The van der Waals surface area contributed by atoms with Crippen molar-refractivity contribution in [3.63, 3.8) is 0 Å². The third-order valence-electron chi connectivity index (χ3n) is 6.46. The van der Waals surface area contributed by atoms with Gasteiger partial charge in [0.05, 0.1) is 6.54 Å². The molecule has 1 unspecified atom stereocenters. The number of anilines is 3. The molecule has 0 saturated carbocycles. The van der Waals surface area contributed by atoms with Crippen LogP contribution in [0.3, 0.4) is 0 Å². The maximum Gasteiger partial charge on any atom is 0.243 e. The predicted molar refractivity (Wildman–Crippen MR) is 123 cm³/mol. The van der Waals surface area contributed by atoms with E-state index in [1.807, 2.05) is 12.1 Å². The number of hydrogen-bond acceptors (Lipinski definition) is 7. The van der Waals surface area contributed by atoms with Crippen LogP contribution in [0.2, 0.25) is 5.02 Å². The lowest BCUT2D eigenvalue weighted by Crippen LogP contribution is -2.50. The van der Waals surface area contributed by atoms with Crippen LogP contribution in [-0.4, -0.2) is 78.0 Å². The first-order valence-corrected chi connectivity index (χ1v) is 11.4. The van der Waals surface area contributed by atoms with Crippen molar-refractivity contribution in [1.82, 2.24) is 19.8 Å². The Labute approximate surface area is 187 Å². The molecule has 2 saturated heterocycles. The van der Waals surface area contributed by atoms with Gasteiger partial charge in [0.25, 0.3) is 0 Å². The van der Waals surface area contributed by atoms with Crippen molar-refractivity contribution in [2.75, 3.05) is 67.9 Å². The topological polar surface area (TPSA) is 76.6 Å². The van der Waals surface area contributed by atoms with Crippen molar-refractivity contribution in [2.45, 2.75) is 18.9 Å². The molecule has 9 heteroatoms. The second-order valence-electron chi connectivity index (χ2n) is 8.39. The van der Waals surface area contributed by atoms with E-state index in [-0.39, 0.29) is 18.5 Å². The summed E-state index contributed by atoms with van der Waals surface area (Å²) < 4.78 is 0. The van der Waals surface area contributed by atoms with E-state index in [1.165, 1.54) is 31.5 Å². The molecular formula is C22H28ClN7O. The van der Waals surface area contributed by atoms with Crippen LogP contribution in [0.25, 0.3) is 0 Å². The Balaban J connectivity index is 1.33. The SMILES string of the molecule is O=C1CNc2ncnc(N3CCN(C(CN4CCCC4)c4ccccc4Cl)CC3)c2N1. The van der Waals surface area contributed by atoms with Crippen molar-refractivity contribution < 1.29 is 4.79 Å². The molecular weight excluding hydrogens is 414 g/mol. The van der Waals surface area contributed by atoms with E-state index in [9.17, 15) is 4.79 Å². The van der Waals surface area contributed by atoms with E-state index >= 15 is 0 Å². The van der Waals surface area contributed by atoms with Crippen LogP contribution in [0.5, 0.6) is 0 Å². The molecule has 0 radical (unpaired) electrons. The van der Waals surface area contributed by atoms with E-state index in [1.54, 1.807) is 6.33 Å². The Morgan fingerprint density at radius 2 is 1.81 bits per heavy atom. The summed E-state index contributed by atoms with van der Waals surface area (Å²) in [6, 6.07) is 8.51. The molecule has 1 aromatic heterocycles. The zero-order valence-electron chi connectivity index (χ0n) is 17.6. The number of aromatic nitrogens is 2. The van der Waals surface area contributed by atoms with E-state index in [4.69, 9.17) is 11.6 Å². The zero-order chi connectivity index (χ0) is 21.2. The Morgan fingerprint density at radius 3 is 2.58 bits per heavy atom. The number of likely N-dealkylation sites (tertiary alicyclic amines) is 1. The number of nitrogens with zero attached hydrogens (tertiary/aromatic N) is 5. The smallest absolute Gasteiger partial charge is 0.243 e. The Morgan fingerprint density at radius 1 is 1.03 bits per heavy atom. The molecule has 0 aliphatic carbocycles. The highest BCUT2D eigenvalue weighted by Gasteiger charge is 2.31. The molecule has 2 N–H and O–H groups in total. The van der Waals surface area contributed by atoms with Gasteiger partial charge in [-0.2, -0.15) is 0 Å². The largest absolute Gasteiger partial charge is 0.359 e. The molecule has 0 spiro atoms. The number of amides is 1. The van der Waals surface area contributed by atoms with Crippen LogP contribution in [-0.2, 0) is 4.79 Å². The van der Waals surface area contributed by atoms with Gasteiger partial charge in [0.1, 0.15) is 12.0 Å². The summed E-state index contributed by atoms with van der Waals surface area (Å²) in [5.74, 6) is 1.42. The summed E-state index contributed by atoms with van der Waals surface area (Å²) in [6.45, 7) is 7.07. The van der Waals surface area contributed by atoms with Crippen LogP contribution in [0, 0.1) is 0 Å². The zero-order valence-corrected chi connectivity index (χ0v) is 18.3. The molecule has 1 amide bonds. The fourth-order valence-electron chi connectivity index (χ4n) is 4.82. The number of carbonyl (C=O) groups excluding carboxylic acids is 1. The highest BCUT2D eigenvalue weighted by Crippen LogP contribution is 2.34. The summed E-state index contributed by atoms with van der Waals surface area (Å²) in [7, 11) is 0. The standard InChI is InChI=1S/C22H28ClN7O/c23-17-6-2-1-5-16(17)18(14-28-7-3-4-8-28)29-9-11-30(12-10-29)22-20-21(25-15-26-22)24-13-19(31)27-20/h1-2,5-6,15,18H,3-4,7-14H2,(H,27,31)(H,24,25,26). The van der Waals surface area contributed by atoms with Crippen molar-refractivity contribution >= 4 is 34.8 Å². The van der Waals surface area contributed by atoms with Crippen LogP contribution < -0.4 is 15.5 Å². The highest BCUT2D eigenvalue weighted by atomic mass is 35.5. The summed E-state index contributed by atoms with van der Waals surface area (Å²) in [5, 5.41) is 6.84. The molecule has 1 atom stereocenters. The van der Waals surface area contributed by atoms with Gasteiger partial charge in [0.2, 0.25) is 5.91 Å². The van der Waals surface area contributed by atoms with Gasteiger partial charge < -0.3 is 20.4 Å². The fourth-order valence-corrected chi connectivity index (χ4v) is 5.09. The predicted octanol–water partition coefficient (Wildman–Crippen LogP) is 2.45. The maximum absolute atomic E-state index is 11.9. The number of nitrogens with one attached hydrogen (secondary N) is 2. The number of carbonyl (C=O) groups is 1. The second kappa shape index (κ2) is 8.98. The minimum absolute atomic E-state index is 0.0633. The van der Waals surface area contributed by atoms with Crippen molar-refractivity contribution in [1.29, 1.82) is 0 Å². The van der Waals surface area contributed by atoms with Gasteiger partial charge in [-0.25, -0.2) is 9.97 Å². The third kappa shape index (κ3) is 4.33. The molecule has 3 aliphatic rings. The third-order valence-corrected chi connectivity index (χ3v) is 6.80. The average Bonchev–Trinajstić information content (AvgIpc) is 3.31. The van der Waals surface area contributed by atoms with Crippen LogP contribution >= 0.6 is 11.6 Å². The minimum atomic E-state index is -0.0633. The number of hydrogen-bond donors (Lipinski definition) is 2. The van der Waals surface area contributed by atoms with Crippen LogP contribution in [0.1, 0.15) is 24.4 Å². The van der Waals surface area contributed by atoms with E-state index in [0.717, 1.165) is 43.6 Å². The Hall–Kier alpha value is -2.42. The first-order valence-electron chi connectivity index (χ1n) is 11.0. The van der Waals surface area contributed by atoms with E-state index in [0.29, 0.717) is 11.5 Å². The van der Waals surface area contributed by atoms with Crippen molar-refractivity contribution in [2.24, 2.45) is 0 Å². The highest BCUT2D eigenvalue weighted by molar-refractivity contribution is 6.31. The maximum atomic E-state index is 11.9. The van der Waals surface area contributed by atoms with E-state index in [2.05, 4.69) is 47.4 Å². The van der Waals surface area contributed by atoms with Crippen LogP contribution in [0.15, 0.2) is 30.6 Å². The first-order chi connectivity index (χ1) is 15.2. The average molecular weight is 442 g/mol. The van der Waals surface area contributed by atoms with Gasteiger partial charge in [-0.3, -0.25) is 9.69 Å². The Bertz CT molecular complexity index is 941. The summed E-state index contributed by atoms with van der Waals surface area (Å²) >= 11 is 6.62. The van der Waals surface area contributed by atoms with Gasteiger partial charge in [0.15, 0.2) is 11.6 Å². The second-order valence-corrected chi connectivity index (χ2v) is 8.80. The molecule has 3 aliphatic heterocycles. The molecule has 8 nitrogen and oxygen atoms in total. The lowest BCUT2D eigenvalue weighted by Gasteiger charge is -2.41. The van der Waals surface area contributed by atoms with Crippen molar-refractivity contribution in [3.8, 4) is 0 Å². The molecule has 31 heavy (non-hydrogen) atoms. The molecule has 2 aromatic rings. The number of halogens is 1. The number of benzene rings is 1. The monoisotopic (exact) mass is 441 g/mol. The minimum Gasteiger partial charge on any atom is -0.359 e. The lowest BCUT2D eigenvalue weighted by molar-refractivity contribution is -0.114. The molecule has 0 bridgehead atoms. The van der Waals surface area contributed by atoms with Gasteiger partial charge in [-0.15, -0.1) is 0 Å². The molecule has 164 valence electrons. The van der Waals surface area contributed by atoms with Gasteiger partial charge >= 0.3 is 0 Å². The molecule has 1 aromatic carbocycles. The summed E-state index contributed by atoms with van der Waals surface area (Å²) in [6.07, 6.45) is 4.12. The van der Waals surface area contributed by atoms with Gasteiger partial charge in [-0.1, -0.05) is 29.8 Å². The summed E-state index contributed by atoms with van der Waals surface area (Å²) in [5.41, 5.74) is 1.90. The number of piperazine rings is 1. The van der Waals surface area contributed by atoms with Gasteiger partial charge in [-0.05, 0) is 37.6 Å². The normalized spacial score (nSPS) is 20.8. The van der Waals surface area contributed by atoms with Crippen molar-refractivity contribution in [3.05, 3.63) is 41.2 Å².